The topological polar surface area (TPSA) is 76.2 Å². The Labute approximate surface area is 141 Å². The standard InChI is InChI=1S/C18H16N4OS/c23-22-18-17(11-13-5-3-9-19-13)24(12-14-6-4-10-20-14)16-8-2-1-7-15(16)21-18/h1-12,19-20,23H,(H,21,22). The van der Waals surface area contributed by atoms with Crippen LogP contribution in [0.25, 0.3) is 6.08 Å². The van der Waals surface area contributed by atoms with Crippen LogP contribution in [0.5, 0.6) is 0 Å². The molecule has 3 heterocycles. The highest BCUT2D eigenvalue weighted by atomic mass is 32.2. The second kappa shape index (κ2) is 6.35. The molecule has 4 rings (SSSR count). The minimum absolute atomic E-state index is 0.370. The molecular weight excluding hydrogens is 320 g/mol. The summed E-state index contributed by atoms with van der Waals surface area (Å²) in [6.45, 7) is 0. The normalized spacial score (nSPS) is 18.5. The Morgan fingerprint density at radius 3 is 2.42 bits per heavy atom. The first-order valence-corrected chi connectivity index (χ1v) is 8.78. The van der Waals surface area contributed by atoms with Gasteiger partial charge >= 0.3 is 0 Å². The lowest BCUT2D eigenvalue weighted by molar-refractivity contribution is 0.235. The molecule has 1 aliphatic rings. The average Bonchev–Trinajstić information content (AvgIpc) is 3.30. The van der Waals surface area contributed by atoms with Gasteiger partial charge in [-0.15, -0.1) is 10.5 Å². The number of hydrogen-bond donors (Lipinski definition) is 4. The van der Waals surface area contributed by atoms with E-state index in [0.717, 1.165) is 26.9 Å². The van der Waals surface area contributed by atoms with E-state index < -0.39 is 0 Å². The molecule has 0 aliphatic carbocycles. The van der Waals surface area contributed by atoms with Gasteiger partial charge in [0, 0.05) is 28.7 Å². The Bertz CT molecular complexity index is 937. The van der Waals surface area contributed by atoms with Crippen LogP contribution in [0.3, 0.4) is 0 Å². The van der Waals surface area contributed by atoms with E-state index in [1.54, 1.807) is 0 Å². The third kappa shape index (κ3) is 2.73. The third-order valence-electron chi connectivity index (χ3n) is 3.69. The third-order valence-corrected chi connectivity index (χ3v) is 5.78. The molecule has 120 valence electrons. The maximum Gasteiger partial charge on any atom is 0.163 e. The van der Waals surface area contributed by atoms with E-state index in [0.29, 0.717) is 5.84 Å². The predicted molar refractivity (Wildman–Crippen MR) is 99.0 cm³/mol. The molecule has 1 aromatic carbocycles. The fourth-order valence-corrected chi connectivity index (χ4v) is 4.60. The first kappa shape index (κ1) is 14.7. The molecule has 6 heteroatoms. The first-order chi connectivity index (χ1) is 11.8. The van der Waals surface area contributed by atoms with E-state index in [-0.39, 0.29) is 10.5 Å². The number of benzene rings is 1. The molecule has 0 saturated carbocycles. The quantitative estimate of drug-likeness (QED) is 0.423. The van der Waals surface area contributed by atoms with Crippen LogP contribution < -0.4 is 5.48 Å². The number of rotatable bonds is 2. The molecule has 0 amide bonds. The van der Waals surface area contributed by atoms with Crippen molar-refractivity contribution in [2.45, 2.75) is 4.90 Å². The Morgan fingerprint density at radius 2 is 1.71 bits per heavy atom. The van der Waals surface area contributed by atoms with E-state index in [1.165, 1.54) is 0 Å². The van der Waals surface area contributed by atoms with E-state index >= 15 is 0 Å². The van der Waals surface area contributed by atoms with Crippen LogP contribution in [-0.4, -0.2) is 26.4 Å². The second-order valence-electron chi connectivity index (χ2n) is 5.26. The molecule has 0 radical (unpaired) electrons. The van der Waals surface area contributed by atoms with Gasteiger partial charge in [-0.1, -0.05) is 12.1 Å². The van der Waals surface area contributed by atoms with Crippen LogP contribution in [-0.2, 0) is 0 Å². The maximum atomic E-state index is 9.61. The lowest BCUT2D eigenvalue weighted by Crippen LogP contribution is -2.22. The van der Waals surface area contributed by atoms with Gasteiger partial charge in [0.05, 0.1) is 10.6 Å². The molecule has 0 saturated heterocycles. The number of amidine groups is 1. The lowest BCUT2D eigenvalue weighted by atomic mass is 10.3. The Kier molecular flexibility index (Phi) is 3.90. The average molecular weight is 336 g/mol. The van der Waals surface area contributed by atoms with Crippen molar-refractivity contribution in [1.29, 1.82) is 0 Å². The van der Waals surface area contributed by atoms with Crippen molar-refractivity contribution >= 4 is 33.5 Å². The van der Waals surface area contributed by atoms with Crippen LogP contribution in [0.15, 0.2) is 75.7 Å². The van der Waals surface area contributed by atoms with Gasteiger partial charge in [-0.05, 0) is 47.8 Å². The Balaban J connectivity index is 1.95. The van der Waals surface area contributed by atoms with Crippen molar-refractivity contribution in [3.8, 4) is 0 Å². The Hall–Kier alpha value is -2.83. The summed E-state index contributed by atoms with van der Waals surface area (Å²) in [6.07, 6.45) is 5.79. The van der Waals surface area contributed by atoms with E-state index in [9.17, 15) is 5.21 Å². The fraction of sp³-hybridized carbons (Fsp3) is 0. The zero-order chi connectivity index (χ0) is 16.4. The summed E-state index contributed by atoms with van der Waals surface area (Å²) in [5.74, 6) is 0.467. The zero-order valence-corrected chi connectivity index (χ0v) is 13.5. The SMILES string of the molecule is ONC1=Nc2ccccc2S(=Cc2ccc[nH]2)C1=Cc1ccc[nH]1. The summed E-state index contributed by atoms with van der Waals surface area (Å²) in [6, 6.07) is 15.9. The summed E-state index contributed by atoms with van der Waals surface area (Å²) < 4.78 is 0. The largest absolute Gasteiger partial charge is 0.362 e. The zero-order valence-electron chi connectivity index (χ0n) is 12.7. The highest BCUT2D eigenvalue weighted by Crippen LogP contribution is 2.45. The molecule has 24 heavy (non-hydrogen) atoms. The van der Waals surface area contributed by atoms with Gasteiger partial charge in [0.2, 0.25) is 0 Å². The maximum absolute atomic E-state index is 9.61. The summed E-state index contributed by atoms with van der Waals surface area (Å²) in [5, 5.41) is 11.8. The monoisotopic (exact) mass is 336 g/mol. The molecule has 0 bridgehead atoms. The van der Waals surface area contributed by atoms with Crippen molar-refractivity contribution in [2.75, 3.05) is 0 Å². The van der Waals surface area contributed by atoms with Crippen LogP contribution in [0, 0.1) is 0 Å². The summed E-state index contributed by atoms with van der Waals surface area (Å²) in [7, 11) is -0.370. The van der Waals surface area contributed by atoms with Gasteiger partial charge in [-0.3, -0.25) is 10.7 Å². The molecule has 5 nitrogen and oxygen atoms in total. The number of H-pyrrole nitrogens is 2. The summed E-state index contributed by atoms with van der Waals surface area (Å²) in [5.41, 5.74) is 5.12. The molecule has 2 aromatic heterocycles. The number of aromatic nitrogens is 2. The van der Waals surface area contributed by atoms with Gasteiger partial charge in [0.15, 0.2) is 5.84 Å². The summed E-state index contributed by atoms with van der Waals surface area (Å²) in [4.78, 5) is 13.0. The molecule has 3 aromatic rings. The minimum atomic E-state index is -0.370. The van der Waals surface area contributed by atoms with Gasteiger partial charge < -0.3 is 9.97 Å². The second-order valence-corrected chi connectivity index (χ2v) is 7.05. The van der Waals surface area contributed by atoms with Gasteiger partial charge in [-0.2, -0.15) is 0 Å². The van der Waals surface area contributed by atoms with Crippen molar-refractivity contribution in [2.24, 2.45) is 4.99 Å². The lowest BCUT2D eigenvalue weighted by Gasteiger charge is -2.22. The van der Waals surface area contributed by atoms with Crippen molar-refractivity contribution < 1.29 is 5.21 Å². The van der Waals surface area contributed by atoms with Crippen molar-refractivity contribution in [3.63, 3.8) is 0 Å². The van der Waals surface area contributed by atoms with Crippen LogP contribution >= 0.6 is 10.5 Å². The number of nitrogens with zero attached hydrogens (tertiary/aromatic N) is 1. The highest BCUT2D eigenvalue weighted by molar-refractivity contribution is 8.19. The van der Waals surface area contributed by atoms with Crippen LogP contribution in [0.4, 0.5) is 5.69 Å². The smallest absolute Gasteiger partial charge is 0.163 e. The number of nitrogens with one attached hydrogen (secondary N) is 3. The number of para-hydroxylation sites is 1. The van der Waals surface area contributed by atoms with Crippen LogP contribution in [0.1, 0.15) is 11.4 Å². The first-order valence-electron chi connectivity index (χ1n) is 7.50. The molecule has 1 aliphatic heterocycles. The van der Waals surface area contributed by atoms with E-state index in [1.807, 2.05) is 60.9 Å². The molecular formula is C18H16N4OS. The molecule has 4 N–H and O–H groups in total. The molecule has 0 spiro atoms. The number of aromatic amines is 2. The number of hydrogen-bond acceptors (Lipinski definition) is 3. The van der Waals surface area contributed by atoms with Gasteiger partial charge in [-0.25, -0.2) is 4.99 Å². The van der Waals surface area contributed by atoms with Gasteiger partial charge in [0.1, 0.15) is 0 Å². The van der Waals surface area contributed by atoms with Crippen molar-refractivity contribution in [1.82, 2.24) is 15.4 Å². The number of hydroxylamine groups is 1. The van der Waals surface area contributed by atoms with Gasteiger partial charge in [0.25, 0.3) is 0 Å². The minimum Gasteiger partial charge on any atom is -0.362 e. The van der Waals surface area contributed by atoms with E-state index in [4.69, 9.17) is 0 Å². The molecule has 1 atom stereocenters. The molecule has 0 fully saturated rings. The number of aliphatic imine (C=N–C) groups is 1. The summed E-state index contributed by atoms with van der Waals surface area (Å²) >= 11 is 0. The van der Waals surface area contributed by atoms with Crippen LogP contribution in [0.2, 0.25) is 0 Å². The fourth-order valence-electron chi connectivity index (χ4n) is 2.59. The number of fused-ring (bicyclic) bond motifs is 1. The highest BCUT2D eigenvalue weighted by Gasteiger charge is 2.21. The Morgan fingerprint density at radius 1 is 0.958 bits per heavy atom. The predicted octanol–water partition coefficient (Wildman–Crippen LogP) is 3.88. The van der Waals surface area contributed by atoms with Crippen molar-refractivity contribution in [3.05, 3.63) is 77.2 Å². The molecule has 1 unspecified atom stereocenters. The van der Waals surface area contributed by atoms with E-state index in [2.05, 4.69) is 31.9 Å².